The van der Waals surface area contributed by atoms with Gasteiger partial charge in [-0.2, -0.15) is 0 Å². The molecule has 0 amide bonds. The number of rotatable bonds is 4. The molecule has 280 valence electrons. The Morgan fingerprint density at radius 2 is 0.538 bits per heavy atom. The summed E-state index contributed by atoms with van der Waals surface area (Å²) in [5, 5.41) is 2.31. The van der Waals surface area contributed by atoms with Gasteiger partial charge in [0.1, 0.15) is 52.7 Å². The quantitative estimate of drug-likeness (QED) is 0.112. The molecule has 0 spiro atoms. The van der Waals surface area contributed by atoms with Gasteiger partial charge >= 0.3 is 0 Å². The number of quaternary nitrogens is 1. The van der Waals surface area contributed by atoms with Crippen LogP contribution in [0, 0.1) is 116 Å². The highest BCUT2D eigenvalue weighted by Gasteiger charge is 2.52. The Morgan fingerprint density at radius 3 is 0.654 bits per heavy atom. The maximum absolute atomic E-state index is 15.4. The van der Waals surface area contributed by atoms with Crippen LogP contribution in [-0.2, 0) is 0 Å². The van der Waals surface area contributed by atoms with Crippen LogP contribution < -0.4 is 27.2 Å². The largest absolute Gasteiger partial charge is 0.316 e. The minimum absolute atomic E-state index is 0.806. The van der Waals surface area contributed by atoms with E-state index in [1.54, 1.807) is 0 Å². The zero-order chi connectivity index (χ0) is 39.6. The molecule has 0 radical (unpaired) electrons. The first-order valence-electron chi connectivity index (χ1n) is 13.7. The Kier molecular flexibility index (Phi) is 10.8. The van der Waals surface area contributed by atoms with Crippen molar-refractivity contribution in [1.82, 2.24) is 0 Å². The Labute approximate surface area is 276 Å². The van der Waals surface area contributed by atoms with E-state index in [1.165, 1.54) is 12.1 Å². The zero-order valence-electron chi connectivity index (χ0n) is 25.1. The molecule has 22 heteroatoms. The molecule has 1 atom stereocenters. The summed E-state index contributed by atoms with van der Waals surface area (Å²) in [6, 6.07) is 0.806. The number of nitrogens with two attached hydrogens (primary N) is 1. The lowest BCUT2D eigenvalue weighted by molar-refractivity contribution is -0.629. The third-order valence-electron chi connectivity index (χ3n) is 8.07. The molecule has 0 saturated carbocycles. The Balaban J connectivity index is 0.000000771. The van der Waals surface area contributed by atoms with Gasteiger partial charge in [0.25, 0.3) is 0 Å². The van der Waals surface area contributed by atoms with E-state index in [9.17, 15) is 52.7 Å². The molecule has 0 aliphatic carbocycles. The topological polar surface area (TPSA) is 16.6 Å². The summed E-state index contributed by atoms with van der Waals surface area (Å²) in [5.74, 6) is -71.4. The van der Waals surface area contributed by atoms with Crippen molar-refractivity contribution in [2.45, 2.75) is 26.3 Å². The van der Waals surface area contributed by atoms with Crippen molar-refractivity contribution in [3.63, 3.8) is 0 Å². The molecule has 2 N–H and O–H groups in total. The van der Waals surface area contributed by atoms with Gasteiger partial charge in [-0.1, -0.05) is 0 Å². The lowest BCUT2D eigenvalue weighted by Gasteiger charge is -2.44. The predicted octanol–water partition coefficient (Wildman–Crippen LogP) is 6.09. The molecule has 1 aliphatic heterocycles. The van der Waals surface area contributed by atoms with Crippen molar-refractivity contribution < 1.29 is 93.1 Å². The van der Waals surface area contributed by atoms with E-state index in [0.29, 0.717) is 0 Å². The average molecular weight is 777 g/mol. The van der Waals surface area contributed by atoms with E-state index in [0.717, 1.165) is 6.04 Å². The summed E-state index contributed by atoms with van der Waals surface area (Å²) in [5.41, 5.74) is -12.9. The number of allylic oxidation sites excluding steroid dienone is 1. The van der Waals surface area contributed by atoms with Crippen LogP contribution in [0.3, 0.4) is 0 Å². The van der Waals surface area contributed by atoms with E-state index in [4.69, 9.17) is 0 Å². The van der Waals surface area contributed by atoms with Crippen LogP contribution in [0.4, 0.5) is 87.8 Å². The van der Waals surface area contributed by atoms with Crippen molar-refractivity contribution in [2.75, 3.05) is 0 Å². The maximum Gasteiger partial charge on any atom is 0.200 e. The average Bonchev–Trinajstić information content (AvgIpc) is 3.49. The maximum atomic E-state index is 15.4. The van der Waals surface area contributed by atoms with Crippen LogP contribution in [-0.4, -0.2) is 12.2 Å². The Bertz CT molecular complexity index is 1800. The Morgan fingerprint density at radius 1 is 0.365 bits per heavy atom. The van der Waals surface area contributed by atoms with Crippen molar-refractivity contribution in [1.29, 1.82) is 0 Å². The molecule has 1 unspecified atom stereocenters. The van der Waals surface area contributed by atoms with Crippen LogP contribution in [0.2, 0.25) is 0 Å². The lowest BCUT2D eigenvalue weighted by atomic mass is 9.12. The zero-order valence-corrected chi connectivity index (χ0v) is 25.1. The van der Waals surface area contributed by atoms with E-state index >= 15 is 35.1 Å². The third kappa shape index (κ3) is 5.74. The molecule has 1 aliphatic rings. The van der Waals surface area contributed by atoms with Gasteiger partial charge in [0, 0.05) is 13.3 Å². The highest BCUT2D eigenvalue weighted by atomic mass is 19.2. The minimum atomic E-state index is -7.22. The van der Waals surface area contributed by atoms with Crippen molar-refractivity contribution in [2.24, 2.45) is 0 Å². The Hall–Kier alpha value is -4.76. The lowest BCUT2D eigenvalue weighted by Crippen LogP contribution is -2.84. The summed E-state index contributed by atoms with van der Waals surface area (Å²) < 4.78 is 294. The van der Waals surface area contributed by atoms with Crippen molar-refractivity contribution >= 4 is 28.0 Å². The summed E-state index contributed by atoms with van der Waals surface area (Å²) in [4.78, 5) is 0. The molecule has 1 nitrogen and oxygen atoms in total. The molecular weight excluding hydrogens is 765 g/mol. The van der Waals surface area contributed by atoms with Crippen molar-refractivity contribution in [3.8, 4) is 0 Å². The van der Waals surface area contributed by atoms with E-state index in [1.807, 2.05) is 0 Å². The van der Waals surface area contributed by atoms with Crippen LogP contribution in [0.15, 0.2) is 11.8 Å². The minimum Gasteiger partial charge on any atom is -0.316 e. The first kappa shape index (κ1) is 40.0. The van der Waals surface area contributed by atoms with Crippen LogP contribution in [0.5, 0.6) is 0 Å². The third-order valence-corrected chi connectivity index (χ3v) is 8.07. The first-order chi connectivity index (χ1) is 24.0. The van der Waals surface area contributed by atoms with Gasteiger partial charge in [0.2, 0.25) is 0 Å². The summed E-state index contributed by atoms with van der Waals surface area (Å²) >= 11 is 0. The summed E-state index contributed by atoms with van der Waals surface area (Å²) in [6.07, 6.45) is -3.68. The molecule has 0 bridgehead atoms. The number of benzene rings is 4. The molecule has 0 aromatic heterocycles. The monoisotopic (exact) mass is 777 g/mol. The fourth-order valence-corrected chi connectivity index (χ4v) is 5.83. The van der Waals surface area contributed by atoms with Crippen LogP contribution in [0.1, 0.15) is 20.3 Å². The first-order valence-corrected chi connectivity index (χ1v) is 13.7. The fourth-order valence-electron chi connectivity index (χ4n) is 5.83. The molecule has 1 heterocycles. The second-order valence-electron chi connectivity index (χ2n) is 11.1. The van der Waals surface area contributed by atoms with Gasteiger partial charge in [-0.25, -0.2) is 87.8 Å². The highest BCUT2D eigenvalue weighted by Crippen LogP contribution is 2.30. The van der Waals surface area contributed by atoms with E-state index in [2.05, 4.69) is 25.2 Å². The molecule has 4 aromatic carbocycles. The van der Waals surface area contributed by atoms with E-state index in [-0.39, 0.29) is 0 Å². The normalized spacial score (nSPS) is 14.5. The number of hydrogen-bond donors (Lipinski definition) is 1. The molecule has 4 aromatic rings. The predicted molar refractivity (Wildman–Crippen MR) is 139 cm³/mol. The molecule has 52 heavy (non-hydrogen) atoms. The van der Waals surface area contributed by atoms with Gasteiger partial charge in [-0.3, -0.25) is 0 Å². The van der Waals surface area contributed by atoms with Gasteiger partial charge in [-0.05, 0) is 13.0 Å². The van der Waals surface area contributed by atoms with Gasteiger partial charge < -0.3 is 5.32 Å². The number of hydrogen-bond acceptors (Lipinski definition) is 0. The second-order valence-corrected chi connectivity index (χ2v) is 11.1. The molecular formula is C30H12BF20N. The molecule has 0 fully saturated rings. The van der Waals surface area contributed by atoms with E-state index < -0.39 is 144 Å². The SMILES string of the molecule is CC1=CCC(C)[NH2+]1.Fc1c(F)c(F)c([B-](c2c(F)c(F)c(F)c(F)c2F)(c2c(F)c(F)c(F)c(F)c2F)c2c(F)c(F)c(F)c(F)c2F)c(F)c1F. The molecule has 0 saturated heterocycles. The second kappa shape index (κ2) is 14.0. The summed E-state index contributed by atoms with van der Waals surface area (Å²) in [7, 11) is 0. The van der Waals surface area contributed by atoms with Gasteiger partial charge in [0.15, 0.2) is 69.8 Å². The number of halogens is 20. The van der Waals surface area contributed by atoms with Crippen LogP contribution >= 0.6 is 0 Å². The summed E-state index contributed by atoms with van der Waals surface area (Å²) in [6.45, 7) is 4.40. The highest BCUT2D eigenvalue weighted by molar-refractivity contribution is 7.20. The van der Waals surface area contributed by atoms with Gasteiger partial charge in [-0.15, -0.1) is 21.9 Å². The van der Waals surface area contributed by atoms with Gasteiger partial charge in [0.05, 0.1) is 11.7 Å². The fraction of sp³-hybridized carbons (Fsp3) is 0.133. The van der Waals surface area contributed by atoms with Crippen LogP contribution in [0.25, 0.3) is 0 Å². The molecule has 5 rings (SSSR count). The van der Waals surface area contributed by atoms with Crippen molar-refractivity contribution in [3.05, 3.63) is 128 Å². The smallest absolute Gasteiger partial charge is 0.200 e. The standard InChI is InChI=1S/C24BF20.C6H11N/c26-5-1(6(27)14(35)21(42)13(5)34)25(2-7(28)15(36)22(43)16(37)8(2)29,3-9(30)17(38)23(44)18(39)10(3)31)4-11(32)19(40)24(45)20(41)12(4)33;1-5-3-4-6(2)7-5/h;3,6-7H,4H2,1-2H3/q-1;/p+1.